The highest BCUT2D eigenvalue weighted by molar-refractivity contribution is 7.61. The standard InChI is InChI=1S/C85H140O33P2/c1-13-49(2)24-14-25-50(3)26-15-27-51(4)28-16-29-52(5)30-17-31-53(6)32-18-33-54(7)34-19-35-55(8)36-20-37-56(9)38-21-39-57(10)40-22-41-58(11)42-23-43-59(12)48-107-119(103,104)118-120(105,106)117-84-73(99)69(95)75(63(47-89)111-84)112-83-74(100)76(66(92)62(46-88)109-83)113-85-78(68(94)65(91)61(45-87)110-85)115-82-72(98)70(96)77(79(116-82)80(101)102)114-81-71(97)67(93)64(90)60(44-86)108-81/h13,25,27,29,31,33,35,37,39,41,43,60-79,81-100H,14-24,26,28,30,32,34,36,38,40,42,44-48H2,1-12H3,(H,101,102)(H,103,104)(H,105,106)/b49-13-,50-25-,51-27-,52-29-,53-31-,54-33-,55-35-,56-37-,57-39+,58-41+,59-43+/t60-,61-,62-,63-,64-,65-,66-,67+,68+,69-,70-,71+,72-,73-,74-,75-,76+,77+,78+,79+,81+,82-,83+,84-,85-/m1/s1. The average molecular weight is 1750 g/mol. The summed E-state index contributed by atoms with van der Waals surface area (Å²) < 4.78 is 90.5. The van der Waals surface area contributed by atoms with Crippen molar-refractivity contribution in [1.82, 2.24) is 0 Å². The SMILES string of the molecule is C/C=C(/C)CC/C=C(/C)CC/C=C(/C)CC/C=C(/C)CC/C=C(/C)CC/C=C(/C)CC/C=C(/C)CC/C=C(/C)CC/C=C(\C)CC/C=C(\C)CC/C=C(\C)COP(=O)(O)OP(=O)(O)O[C@H]1O[C@H](CO)[C@@H](O[C@@H]2O[C@H](CO)[C@@H](O)[C@H](O[C@H]3O[C@H](CO)[C@@H](O)[C@H](O)[C@@H]3O[C@@H]3O[C@H](C(=O)O)[C@@H](O[C@@H]4O[C@H](CO)[C@@H](O)[C@H](O)[C@@H]4O)[C@H](O)[C@H]3O)[C@H]2O)[C@H](O)[C@H]1O. The van der Waals surface area contributed by atoms with Crippen molar-refractivity contribution < 1.29 is 161 Å². The van der Waals surface area contributed by atoms with Crippen molar-refractivity contribution in [3.05, 3.63) is 128 Å². The normalized spacial score (nSPS) is 34.0. The monoisotopic (exact) mass is 1750 g/mol. The summed E-state index contributed by atoms with van der Waals surface area (Å²) in [6.45, 7) is 20.9. The molecule has 5 aliphatic heterocycles. The van der Waals surface area contributed by atoms with E-state index < -0.39 is 208 Å². The van der Waals surface area contributed by atoms with E-state index in [1.165, 1.54) is 50.2 Å². The van der Waals surface area contributed by atoms with Crippen LogP contribution in [-0.2, 0) is 69.9 Å². The van der Waals surface area contributed by atoms with Crippen molar-refractivity contribution in [2.24, 2.45) is 0 Å². The molecule has 0 bridgehead atoms. The van der Waals surface area contributed by atoms with Gasteiger partial charge in [0.1, 0.15) is 116 Å². The second-order valence-corrected chi connectivity index (χ2v) is 35.4. The van der Waals surface area contributed by atoms with E-state index in [1.807, 2.05) is 6.92 Å². The van der Waals surface area contributed by atoms with Gasteiger partial charge in [0.25, 0.3) is 0 Å². The number of carboxylic acid groups (broad SMARTS) is 1. The molecule has 2 unspecified atom stereocenters. The first kappa shape index (κ1) is 106. The Balaban J connectivity index is 1.01. The van der Waals surface area contributed by atoms with E-state index in [-0.39, 0.29) is 0 Å². The van der Waals surface area contributed by atoms with E-state index in [9.17, 15) is 105 Å². The summed E-state index contributed by atoms with van der Waals surface area (Å²) in [5.74, 6) is -1.93. The van der Waals surface area contributed by atoms with E-state index in [2.05, 4.69) is 134 Å². The third-order valence-electron chi connectivity index (χ3n) is 22.0. The van der Waals surface area contributed by atoms with E-state index in [0.717, 1.165) is 121 Å². The summed E-state index contributed by atoms with van der Waals surface area (Å²) in [4.78, 5) is 33.7. The molecule has 5 aliphatic rings. The molecule has 0 aromatic heterocycles. The molecule has 0 aliphatic carbocycles. The van der Waals surface area contributed by atoms with Gasteiger partial charge in [0.05, 0.1) is 33.0 Å². The van der Waals surface area contributed by atoms with Gasteiger partial charge in [-0.3, -0.25) is 9.05 Å². The molecule has 5 heterocycles. The van der Waals surface area contributed by atoms with E-state index in [4.69, 9.17) is 51.7 Å². The van der Waals surface area contributed by atoms with Crippen molar-refractivity contribution in [2.75, 3.05) is 33.0 Å². The van der Waals surface area contributed by atoms with E-state index in [1.54, 1.807) is 13.0 Å². The highest BCUT2D eigenvalue weighted by Gasteiger charge is 2.58. The lowest BCUT2D eigenvalue weighted by atomic mass is 9.95. The molecule has 120 heavy (non-hydrogen) atoms. The smallest absolute Gasteiger partial charge is 0.479 e. The number of carboxylic acids is 1. The average Bonchev–Trinajstić information content (AvgIpc) is 0.767. The van der Waals surface area contributed by atoms with Crippen LogP contribution in [0.2, 0.25) is 0 Å². The lowest BCUT2D eigenvalue weighted by Gasteiger charge is -2.49. The van der Waals surface area contributed by atoms with Gasteiger partial charge in [0.2, 0.25) is 0 Å². The van der Waals surface area contributed by atoms with Gasteiger partial charge in [-0.2, -0.15) is 4.31 Å². The second-order valence-electron chi connectivity index (χ2n) is 32.4. The molecule has 0 aromatic carbocycles. The maximum atomic E-state index is 13.2. The number of hydrogen-bond acceptors (Lipinski definition) is 30. The van der Waals surface area contributed by atoms with Crippen LogP contribution in [0.4, 0.5) is 0 Å². The van der Waals surface area contributed by atoms with Crippen LogP contribution < -0.4 is 0 Å². The molecule has 0 saturated carbocycles. The van der Waals surface area contributed by atoms with Gasteiger partial charge in [-0.25, -0.2) is 13.9 Å². The fraction of sp³-hybridized carbons (Fsp3) is 0.729. The molecule has 33 nitrogen and oxygen atoms in total. The van der Waals surface area contributed by atoms with E-state index >= 15 is 0 Å². The van der Waals surface area contributed by atoms with Crippen LogP contribution in [0.3, 0.4) is 0 Å². The quantitative estimate of drug-likeness (QED) is 0.0205. The Morgan fingerprint density at radius 3 is 0.975 bits per heavy atom. The highest BCUT2D eigenvalue weighted by atomic mass is 31.3. The number of phosphoric acid groups is 2. The van der Waals surface area contributed by atoms with Crippen molar-refractivity contribution in [1.29, 1.82) is 0 Å². The summed E-state index contributed by atoms with van der Waals surface area (Å²) in [5, 5.41) is 172. The summed E-state index contributed by atoms with van der Waals surface area (Å²) in [6.07, 6.45) is -8.81. The molecule has 0 spiro atoms. The predicted molar refractivity (Wildman–Crippen MR) is 442 cm³/mol. The number of allylic oxidation sites excluding steroid dienone is 21. The van der Waals surface area contributed by atoms with Crippen LogP contribution in [0.1, 0.15) is 212 Å². The fourth-order valence-corrected chi connectivity index (χ4v) is 16.3. The van der Waals surface area contributed by atoms with Crippen LogP contribution in [0.15, 0.2) is 128 Å². The second kappa shape index (κ2) is 53.5. The number of aliphatic carboxylic acids is 1. The molecule has 5 rings (SSSR count). The number of carbonyl (C=O) groups is 1. The predicted octanol–water partition coefficient (Wildman–Crippen LogP) is 7.66. The van der Waals surface area contributed by atoms with Crippen molar-refractivity contribution in [2.45, 2.75) is 365 Å². The van der Waals surface area contributed by atoms with E-state index in [0.29, 0.717) is 18.4 Å². The molecule has 35 heteroatoms. The molecule has 5 saturated heterocycles. The summed E-state index contributed by atoms with van der Waals surface area (Å²) in [5.41, 5.74) is 14.5. The van der Waals surface area contributed by atoms with Crippen molar-refractivity contribution in [3.63, 3.8) is 0 Å². The highest BCUT2D eigenvalue weighted by Crippen LogP contribution is 2.61. The largest absolute Gasteiger partial charge is 0.483 e. The molecule has 18 N–H and O–H groups in total. The lowest BCUT2D eigenvalue weighted by Crippen LogP contribution is -2.68. The van der Waals surface area contributed by atoms with Gasteiger partial charge in [-0.05, 0) is 212 Å². The first-order valence-corrected chi connectivity index (χ1v) is 44.6. The number of aliphatic hydroxyl groups is 15. The molecule has 0 amide bonds. The zero-order valence-electron chi connectivity index (χ0n) is 71.5. The first-order valence-electron chi connectivity index (χ1n) is 41.6. The molecular weight excluding hydrogens is 1610 g/mol. The van der Waals surface area contributed by atoms with Crippen LogP contribution in [-0.4, -0.2) is 284 Å². The number of aliphatic hydroxyl groups excluding tert-OH is 15. The lowest BCUT2D eigenvalue weighted by molar-refractivity contribution is -0.398. The number of phosphoric ester groups is 2. The minimum atomic E-state index is -5.81. The van der Waals surface area contributed by atoms with Crippen molar-refractivity contribution in [3.8, 4) is 0 Å². The Hall–Kier alpha value is -4.09. The Kier molecular flexibility index (Phi) is 47.5. The summed E-state index contributed by atoms with van der Waals surface area (Å²) >= 11 is 0. The number of rotatable bonds is 50. The summed E-state index contributed by atoms with van der Waals surface area (Å²) in [6, 6.07) is 0. The zero-order valence-corrected chi connectivity index (χ0v) is 73.3. The molecular formula is C85H140O33P2. The van der Waals surface area contributed by atoms with Gasteiger partial charge in [-0.15, -0.1) is 0 Å². The van der Waals surface area contributed by atoms with Gasteiger partial charge in [-0.1, -0.05) is 128 Å². The van der Waals surface area contributed by atoms with Crippen molar-refractivity contribution >= 4 is 21.6 Å². The minimum absolute atomic E-state index is 0.450. The van der Waals surface area contributed by atoms with Crippen LogP contribution in [0, 0.1) is 0 Å². The van der Waals surface area contributed by atoms with Gasteiger partial charge < -0.3 is 134 Å². The minimum Gasteiger partial charge on any atom is -0.479 e. The van der Waals surface area contributed by atoms with Crippen LogP contribution in [0.5, 0.6) is 0 Å². The summed E-state index contributed by atoms with van der Waals surface area (Å²) in [7, 11) is -11.3. The molecule has 0 radical (unpaired) electrons. The molecule has 688 valence electrons. The molecule has 5 fully saturated rings. The number of ether oxygens (including phenoxy) is 9. The molecule has 27 atom stereocenters. The molecule has 0 aromatic rings. The van der Waals surface area contributed by atoms with Crippen LogP contribution >= 0.6 is 15.6 Å². The Morgan fingerprint density at radius 2 is 0.592 bits per heavy atom. The van der Waals surface area contributed by atoms with Crippen LogP contribution in [0.25, 0.3) is 0 Å². The maximum Gasteiger partial charge on any atom is 0.483 e. The Labute approximate surface area is 706 Å². The van der Waals surface area contributed by atoms with Gasteiger partial charge >= 0.3 is 21.6 Å². The topological polar surface area (TPSA) is 526 Å². The Bertz CT molecular complexity index is 3560. The van der Waals surface area contributed by atoms with Gasteiger partial charge in [0.15, 0.2) is 37.6 Å². The maximum absolute atomic E-state index is 13.2. The number of hydrogen-bond donors (Lipinski definition) is 18. The fourth-order valence-electron chi connectivity index (χ4n) is 14.1. The van der Waals surface area contributed by atoms with Gasteiger partial charge in [0, 0.05) is 0 Å². The zero-order chi connectivity index (χ0) is 89.3. The first-order chi connectivity index (χ1) is 56.7. The Morgan fingerprint density at radius 1 is 0.308 bits per heavy atom. The third kappa shape index (κ3) is 35.3. The third-order valence-corrected chi connectivity index (χ3v) is 24.6.